The largest absolute Gasteiger partial charge is 0.330 e. The van der Waals surface area contributed by atoms with Crippen molar-refractivity contribution in [3.8, 4) is 0 Å². The van der Waals surface area contributed by atoms with E-state index < -0.39 is 0 Å². The minimum atomic E-state index is 0.384. The molecule has 2 rings (SSSR count). The molecule has 1 atom stereocenters. The first-order chi connectivity index (χ1) is 6.74. The molecule has 1 saturated heterocycles. The van der Waals surface area contributed by atoms with Crippen LogP contribution >= 0.6 is 23.1 Å². The third kappa shape index (κ3) is 1.97. The first-order valence-electron chi connectivity index (χ1n) is 4.97. The van der Waals surface area contributed by atoms with Gasteiger partial charge in [0.05, 0.1) is 5.01 Å². The van der Waals surface area contributed by atoms with Gasteiger partial charge in [-0.25, -0.2) is 4.98 Å². The fourth-order valence-electron chi connectivity index (χ4n) is 1.69. The zero-order valence-corrected chi connectivity index (χ0v) is 10.1. The van der Waals surface area contributed by atoms with Crippen molar-refractivity contribution < 1.29 is 0 Å². The lowest BCUT2D eigenvalue weighted by molar-refractivity contribution is 0.551. The number of thiazole rings is 1. The van der Waals surface area contributed by atoms with Gasteiger partial charge < -0.3 is 5.73 Å². The lowest BCUT2D eigenvalue weighted by atomic mass is 9.89. The summed E-state index contributed by atoms with van der Waals surface area (Å²) in [6.07, 6.45) is 4.28. The fourth-order valence-corrected chi connectivity index (χ4v) is 4.38. The molecule has 2 heterocycles. The number of rotatable bonds is 3. The molecule has 2 N–H and O–H groups in total. The van der Waals surface area contributed by atoms with Crippen LogP contribution in [0.25, 0.3) is 0 Å². The van der Waals surface area contributed by atoms with Crippen LogP contribution in [0.2, 0.25) is 0 Å². The fraction of sp³-hybridized carbons (Fsp3) is 0.700. The Kier molecular flexibility index (Phi) is 3.14. The summed E-state index contributed by atoms with van der Waals surface area (Å²) < 4.78 is 0. The molecular formula is C10H16N2S2. The average molecular weight is 228 g/mol. The van der Waals surface area contributed by atoms with Crippen LogP contribution < -0.4 is 5.73 Å². The van der Waals surface area contributed by atoms with Gasteiger partial charge in [0.2, 0.25) is 0 Å². The van der Waals surface area contributed by atoms with Crippen molar-refractivity contribution in [2.45, 2.75) is 25.2 Å². The zero-order chi connectivity index (χ0) is 10.0. The van der Waals surface area contributed by atoms with E-state index in [4.69, 9.17) is 5.73 Å². The van der Waals surface area contributed by atoms with E-state index in [9.17, 15) is 0 Å². The molecule has 2 nitrogen and oxygen atoms in total. The van der Waals surface area contributed by atoms with Gasteiger partial charge in [-0.05, 0) is 18.7 Å². The van der Waals surface area contributed by atoms with Crippen LogP contribution in [0, 0.1) is 0 Å². The Morgan fingerprint density at radius 2 is 2.50 bits per heavy atom. The third-order valence-corrected chi connectivity index (χ3v) is 5.42. The van der Waals surface area contributed by atoms with Crippen LogP contribution in [-0.2, 0) is 11.8 Å². The quantitative estimate of drug-likeness (QED) is 0.860. The summed E-state index contributed by atoms with van der Waals surface area (Å²) in [7, 11) is 0. The Morgan fingerprint density at radius 3 is 3.14 bits per heavy atom. The lowest BCUT2D eigenvalue weighted by Gasteiger charge is -2.19. The van der Waals surface area contributed by atoms with Crippen molar-refractivity contribution in [2.24, 2.45) is 5.73 Å². The molecule has 1 aliphatic rings. The van der Waals surface area contributed by atoms with Crippen LogP contribution in [0.1, 0.15) is 23.2 Å². The second kappa shape index (κ2) is 4.21. The number of nitrogens with zero attached hydrogens (tertiary/aromatic N) is 1. The molecule has 0 spiro atoms. The molecule has 78 valence electrons. The van der Waals surface area contributed by atoms with Crippen LogP contribution in [0.15, 0.2) is 6.20 Å². The average Bonchev–Trinajstić information content (AvgIpc) is 2.75. The summed E-state index contributed by atoms with van der Waals surface area (Å²) in [5, 5.41) is 1.20. The number of nitrogens with two attached hydrogens (primary N) is 1. The second-order valence-corrected chi connectivity index (χ2v) is 6.24. The summed E-state index contributed by atoms with van der Waals surface area (Å²) in [5.74, 6) is 2.54. The first kappa shape index (κ1) is 10.5. The van der Waals surface area contributed by atoms with Crippen LogP contribution in [0.4, 0.5) is 0 Å². The molecular weight excluding hydrogens is 212 g/mol. The monoisotopic (exact) mass is 228 g/mol. The standard InChI is InChI=1S/C10H16N2S2/c1-10(3-5-13-7-10)8-6-12-9(14-8)2-4-11/h6H,2-5,7,11H2,1H3. The van der Waals surface area contributed by atoms with Crippen LogP contribution in [-0.4, -0.2) is 23.0 Å². The van der Waals surface area contributed by atoms with Gasteiger partial charge in [0.15, 0.2) is 0 Å². The van der Waals surface area contributed by atoms with E-state index in [-0.39, 0.29) is 0 Å². The normalized spacial score (nSPS) is 27.0. The van der Waals surface area contributed by atoms with Gasteiger partial charge in [-0.2, -0.15) is 11.8 Å². The van der Waals surface area contributed by atoms with E-state index in [1.54, 1.807) is 0 Å². The number of thioether (sulfide) groups is 1. The Labute approximate surface area is 93.3 Å². The van der Waals surface area contributed by atoms with Crippen LogP contribution in [0.3, 0.4) is 0 Å². The SMILES string of the molecule is CC1(c2cnc(CCN)s2)CCSC1. The highest BCUT2D eigenvalue weighted by Gasteiger charge is 2.32. The topological polar surface area (TPSA) is 38.9 Å². The predicted octanol–water partition coefficient (Wildman–Crippen LogP) is 2.04. The van der Waals surface area contributed by atoms with Gasteiger partial charge in [0, 0.05) is 28.7 Å². The van der Waals surface area contributed by atoms with Gasteiger partial charge in [-0.1, -0.05) is 6.92 Å². The summed E-state index contributed by atoms with van der Waals surface area (Å²) in [4.78, 5) is 5.87. The molecule has 0 aliphatic carbocycles. The molecule has 0 bridgehead atoms. The van der Waals surface area contributed by atoms with Gasteiger partial charge in [0.25, 0.3) is 0 Å². The van der Waals surface area contributed by atoms with Crippen molar-refractivity contribution in [1.29, 1.82) is 0 Å². The van der Waals surface area contributed by atoms with E-state index >= 15 is 0 Å². The van der Waals surface area contributed by atoms with Gasteiger partial charge >= 0.3 is 0 Å². The van der Waals surface area contributed by atoms with Gasteiger partial charge in [0.1, 0.15) is 0 Å². The van der Waals surface area contributed by atoms with E-state index in [1.807, 2.05) is 11.3 Å². The van der Waals surface area contributed by atoms with Crippen molar-refractivity contribution in [3.63, 3.8) is 0 Å². The van der Waals surface area contributed by atoms with Gasteiger partial charge in [-0.3, -0.25) is 0 Å². The summed E-state index contributed by atoms with van der Waals surface area (Å²) in [5.41, 5.74) is 5.90. The molecule has 0 aromatic carbocycles. The molecule has 1 unspecified atom stereocenters. The minimum Gasteiger partial charge on any atom is -0.330 e. The Bertz CT molecular complexity index is 303. The number of aromatic nitrogens is 1. The van der Waals surface area contributed by atoms with E-state index in [0.717, 1.165) is 6.42 Å². The molecule has 1 fully saturated rings. The number of hydrogen-bond acceptors (Lipinski definition) is 4. The molecule has 1 aromatic heterocycles. The van der Waals surface area contributed by atoms with E-state index in [1.165, 1.54) is 27.8 Å². The van der Waals surface area contributed by atoms with Crippen molar-refractivity contribution >= 4 is 23.1 Å². The molecule has 4 heteroatoms. The summed E-state index contributed by atoms with van der Waals surface area (Å²) in [6.45, 7) is 3.06. The zero-order valence-electron chi connectivity index (χ0n) is 8.45. The van der Waals surface area contributed by atoms with E-state index in [2.05, 4.69) is 29.9 Å². The molecule has 0 saturated carbocycles. The van der Waals surface area contributed by atoms with Crippen LogP contribution in [0.5, 0.6) is 0 Å². The molecule has 0 amide bonds. The predicted molar refractivity (Wildman–Crippen MR) is 64.2 cm³/mol. The van der Waals surface area contributed by atoms with Crippen molar-refractivity contribution in [2.75, 3.05) is 18.1 Å². The number of hydrogen-bond donors (Lipinski definition) is 1. The van der Waals surface area contributed by atoms with Crippen molar-refractivity contribution in [1.82, 2.24) is 4.98 Å². The molecule has 14 heavy (non-hydrogen) atoms. The lowest BCUT2D eigenvalue weighted by Crippen LogP contribution is -2.18. The maximum Gasteiger partial charge on any atom is 0.0940 e. The maximum absolute atomic E-state index is 5.52. The molecule has 0 radical (unpaired) electrons. The van der Waals surface area contributed by atoms with E-state index in [0.29, 0.717) is 12.0 Å². The molecule has 1 aliphatic heterocycles. The summed E-state index contributed by atoms with van der Waals surface area (Å²) >= 11 is 3.90. The second-order valence-electron chi connectivity index (χ2n) is 4.02. The highest BCUT2D eigenvalue weighted by molar-refractivity contribution is 7.99. The summed E-state index contributed by atoms with van der Waals surface area (Å²) in [6, 6.07) is 0. The third-order valence-electron chi connectivity index (χ3n) is 2.73. The minimum absolute atomic E-state index is 0.384. The van der Waals surface area contributed by atoms with Gasteiger partial charge in [-0.15, -0.1) is 11.3 Å². The van der Waals surface area contributed by atoms with Crippen molar-refractivity contribution in [3.05, 3.63) is 16.1 Å². The maximum atomic E-state index is 5.52. The highest BCUT2D eigenvalue weighted by Crippen LogP contribution is 2.40. The Hall–Kier alpha value is -0.0600. The molecule has 1 aromatic rings. The Morgan fingerprint density at radius 1 is 1.64 bits per heavy atom. The smallest absolute Gasteiger partial charge is 0.0940 e. The Balaban J connectivity index is 2.15. The highest BCUT2D eigenvalue weighted by atomic mass is 32.2. The first-order valence-corrected chi connectivity index (χ1v) is 6.95.